The van der Waals surface area contributed by atoms with E-state index in [1.54, 1.807) is 21.9 Å². The molecular weight excluding hydrogens is 327 g/mol. The molecule has 136 valence electrons. The van der Waals surface area contributed by atoms with Crippen LogP contribution in [0, 0.1) is 5.82 Å². The van der Waals surface area contributed by atoms with E-state index in [4.69, 9.17) is 9.47 Å². The van der Waals surface area contributed by atoms with Crippen LogP contribution in [-0.4, -0.2) is 61.8 Å². The Morgan fingerprint density at radius 3 is 3.00 bits per heavy atom. The number of likely N-dealkylation sites (tertiary alicyclic amines) is 1. The molecule has 0 saturated carbocycles. The van der Waals surface area contributed by atoms with Crippen LogP contribution in [-0.2, 0) is 19.1 Å². The Balaban J connectivity index is 1.75. The summed E-state index contributed by atoms with van der Waals surface area (Å²) < 4.78 is 24.6. The fourth-order valence-electron chi connectivity index (χ4n) is 3.43. The monoisotopic (exact) mass is 350 g/mol. The lowest BCUT2D eigenvalue weighted by Gasteiger charge is -2.47. The second-order valence-corrected chi connectivity index (χ2v) is 6.49. The van der Waals surface area contributed by atoms with Gasteiger partial charge < -0.3 is 19.3 Å². The molecule has 3 rings (SSSR count). The quantitative estimate of drug-likeness (QED) is 0.827. The summed E-state index contributed by atoms with van der Waals surface area (Å²) in [6.45, 7) is 3.71. The highest BCUT2D eigenvalue weighted by Gasteiger charge is 2.44. The first-order chi connectivity index (χ1) is 12.0. The number of rotatable bonds is 4. The minimum atomic E-state index is -0.611. The van der Waals surface area contributed by atoms with E-state index in [0.717, 1.165) is 12.8 Å². The number of amides is 2. The molecule has 1 atom stereocenters. The van der Waals surface area contributed by atoms with Crippen LogP contribution in [0.3, 0.4) is 0 Å². The predicted octanol–water partition coefficient (Wildman–Crippen LogP) is 1.59. The number of hydrogen-bond donors (Lipinski definition) is 0. The van der Waals surface area contributed by atoms with Gasteiger partial charge in [0, 0.05) is 18.8 Å². The van der Waals surface area contributed by atoms with Gasteiger partial charge >= 0.3 is 0 Å². The van der Waals surface area contributed by atoms with E-state index in [0.29, 0.717) is 31.9 Å². The highest BCUT2D eigenvalue weighted by Crippen LogP contribution is 2.32. The summed E-state index contributed by atoms with van der Waals surface area (Å²) >= 11 is 0. The van der Waals surface area contributed by atoms with E-state index in [9.17, 15) is 14.0 Å². The normalized spacial score (nSPS) is 24.0. The maximum Gasteiger partial charge on any atom is 0.253 e. The van der Waals surface area contributed by atoms with Crippen LogP contribution < -0.4 is 4.90 Å². The second kappa shape index (κ2) is 7.49. The molecule has 7 heteroatoms. The van der Waals surface area contributed by atoms with Gasteiger partial charge in [-0.3, -0.25) is 9.59 Å². The van der Waals surface area contributed by atoms with Crippen molar-refractivity contribution in [3.8, 4) is 0 Å². The van der Waals surface area contributed by atoms with Gasteiger partial charge in [-0.2, -0.15) is 0 Å². The summed E-state index contributed by atoms with van der Waals surface area (Å²) in [5, 5.41) is 0. The SMILES string of the molecule is CCOCC(=O)N1CCCC2(C1)CN(c1cccc(F)c1)C(=O)CO2. The zero-order chi connectivity index (χ0) is 17.9. The van der Waals surface area contributed by atoms with Crippen LogP contribution in [0.5, 0.6) is 0 Å². The number of ether oxygens (including phenoxy) is 2. The molecule has 0 aromatic heterocycles. The average Bonchev–Trinajstić information content (AvgIpc) is 2.62. The molecule has 1 unspecified atom stereocenters. The molecule has 2 heterocycles. The number of morpholine rings is 1. The maximum absolute atomic E-state index is 13.5. The Morgan fingerprint density at radius 2 is 2.24 bits per heavy atom. The molecule has 0 N–H and O–H groups in total. The molecular formula is C18H23FN2O4. The van der Waals surface area contributed by atoms with Gasteiger partial charge in [0.2, 0.25) is 5.91 Å². The zero-order valence-electron chi connectivity index (χ0n) is 14.4. The van der Waals surface area contributed by atoms with Gasteiger partial charge in [0.05, 0.1) is 13.1 Å². The smallest absolute Gasteiger partial charge is 0.253 e. The van der Waals surface area contributed by atoms with Crippen LogP contribution in [0.4, 0.5) is 10.1 Å². The van der Waals surface area contributed by atoms with Crippen LogP contribution in [0.1, 0.15) is 19.8 Å². The van der Waals surface area contributed by atoms with E-state index < -0.39 is 5.60 Å². The molecule has 0 aliphatic carbocycles. The number of piperidine rings is 1. The zero-order valence-corrected chi connectivity index (χ0v) is 14.4. The molecule has 2 fully saturated rings. The number of nitrogens with zero attached hydrogens (tertiary/aromatic N) is 2. The minimum absolute atomic E-state index is 0.0547. The highest BCUT2D eigenvalue weighted by atomic mass is 19.1. The lowest BCUT2D eigenvalue weighted by atomic mass is 9.90. The van der Waals surface area contributed by atoms with Gasteiger partial charge in [-0.1, -0.05) is 6.07 Å². The first kappa shape index (κ1) is 17.8. The van der Waals surface area contributed by atoms with Crippen molar-refractivity contribution in [3.05, 3.63) is 30.1 Å². The fraction of sp³-hybridized carbons (Fsp3) is 0.556. The van der Waals surface area contributed by atoms with E-state index in [1.807, 2.05) is 6.92 Å². The van der Waals surface area contributed by atoms with Crippen molar-refractivity contribution in [2.75, 3.05) is 44.4 Å². The summed E-state index contributed by atoms with van der Waals surface area (Å²) in [6.07, 6.45) is 1.55. The average molecular weight is 350 g/mol. The van der Waals surface area contributed by atoms with Crippen molar-refractivity contribution in [1.29, 1.82) is 0 Å². The summed E-state index contributed by atoms with van der Waals surface area (Å²) in [5.74, 6) is -0.657. The van der Waals surface area contributed by atoms with Gasteiger partial charge in [0.25, 0.3) is 5.91 Å². The minimum Gasteiger partial charge on any atom is -0.372 e. The molecule has 2 aliphatic rings. The fourth-order valence-corrected chi connectivity index (χ4v) is 3.43. The second-order valence-electron chi connectivity index (χ2n) is 6.49. The summed E-state index contributed by atoms with van der Waals surface area (Å²) in [5.41, 5.74) is -0.0918. The largest absolute Gasteiger partial charge is 0.372 e. The van der Waals surface area contributed by atoms with Crippen LogP contribution >= 0.6 is 0 Å². The number of anilines is 1. The number of carbonyl (C=O) groups excluding carboxylic acids is 2. The van der Waals surface area contributed by atoms with E-state index >= 15 is 0 Å². The van der Waals surface area contributed by atoms with Crippen molar-refractivity contribution in [3.63, 3.8) is 0 Å². The van der Waals surface area contributed by atoms with Gasteiger partial charge in [-0.25, -0.2) is 4.39 Å². The molecule has 1 spiro atoms. The molecule has 25 heavy (non-hydrogen) atoms. The maximum atomic E-state index is 13.5. The number of carbonyl (C=O) groups is 2. The summed E-state index contributed by atoms with van der Waals surface area (Å²) in [7, 11) is 0. The van der Waals surface area contributed by atoms with Gasteiger partial charge in [-0.05, 0) is 38.0 Å². The molecule has 0 bridgehead atoms. The van der Waals surface area contributed by atoms with Crippen LogP contribution in [0.15, 0.2) is 24.3 Å². The number of halogens is 1. The van der Waals surface area contributed by atoms with Crippen molar-refractivity contribution >= 4 is 17.5 Å². The van der Waals surface area contributed by atoms with Crippen molar-refractivity contribution in [2.24, 2.45) is 0 Å². The standard InChI is InChI=1S/C18H23FN2O4/c1-2-24-10-16(22)20-8-4-7-18(12-20)13-21(17(23)11-25-18)15-6-3-5-14(19)9-15/h3,5-6,9H,2,4,7-8,10-13H2,1H3. The lowest BCUT2D eigenvalue weighted by molar-refractivity contribution is -0.155. The third-order valence-corrected chi connectivity index (χ3v) is 4.69. The number of hydrogen-bond acceptors (Lipinski definition) is 4. The van der Waals surface area contributed by atoms with E-state index in [1.165, 1.54) is 12.1 Å². The molecule has 6 nitrogen and oxygen atoms in total. The Labute approximate surface area is 146 Å². The van der Waals surface area contributed by atoms with Crippen molar-refractivity contribution in [1.82, 2.24) is 4.90 Å². The molecule has 2 saturated heterocycles. The molecule has 2 aliphatic heterocycles. The first-order valence-electron chi connectivity index (χ1n) is 8.58. The first-order valence-corrected chi connectivity index (χ1v) is 8.58. The Bertz CT molecular complexity index is 654. The van der Waals surface area contributed by atoms with Gasteiger partial charge in [0.15, 0.2) is 0 Å². The predicted molar refractivity (Wildman–Crippen MR) is 89.7 cm³/mol. The molecule has 1 aromatic rings. The third-order valence-electron chi connectivity index (χ3n) is 4.69. The molecule has 1 aromatic carbocycles. The van der Waals surface area contributed by atoms with Gasteiger partial charge in [0.1, 0.15) is 24.6 Å². The summed E-state index contributed by atoms with van der Waals surface area (Å²) in [6, 6.07) is 5.98. The van der Waals surface area contributed by atoms with E-state index in [2.05, 4.69) is 0 Å². The summed E-state index contributed by atoms with van der Waals surface area (Å²) in [4.78, 5) is 27.8. The lowest BCUT2D eigenvalue weighted by Crippen LogP contribution is -2.62. The number of benzene rings is 1. The molecule has 0 radical (unpaired) electrons. The molecule has 2 amide bonds. The van der Waals surface area contributed by atoms with Crippen molar-refractivity contribution < 1.29 is 23.5 Å². The highest BCUT2D eigenvalue weighted by molar-refractivity contribution is 5.95. The van der Waals surface area contributed by atoms with Gasteiger partial charge in [-0.15, -0.1) is 0 Å². The topological polar surface area (TPSA) is 59.1 Å². The Morgan fingerprint density at radius 1 is 1.40 bits per heavy atom. The third kappa shape index (κ3) is 3.99. The van der Waals surface area contributed by atoms with E-state index in [-0.39, 0.29) is 30.8 Å². The Kier molecular flexibility index (Phi) is 5.34. The van der Waals surface area contributed by atoms with Crippen molar-refractivity contribution in [2.45, 2.75) is 25.4 Å². The van der Waals surface area contributed by atoms with Crippen LogP contribution in [0.2, 0.25) is 0 Å². The Hall–Kier alpha value is -1.99. The van der Waals surface area contributed by atoms with Crippen LogP contribution in [0.25, 0.3) is 0 Å².